The van der Waals surface area contributed by atoms with Crippen LogP contribution in [-0.2, 0) is 9.22 Å². The predicted octanol–water partition coefficient (Wildman–Crippen LogP) is 2.22. The Bertz CT molecular complexity index is 258. The van der Waals surface area contributed by atoms with E-state index < -0.39 is 14.3 Å². The first-order chi connectivity index (χ1) is 5.90. The van der Waals surface area contributed by atoms with Gasteiger partial charge in [-0.05, 0) is 26.1 Å². The number of hydrogen-bond acceptors (Lipinski definition) is 3. The topological polar surface area (TPSA) is 50.1 Å². The van der Waals surface area contributed by atoms with Crippen molar-refractivity contribution >= 4 is 14.3 Å². The Hall–Kier alpha value is -1.08. The molecule has 0 aromatic carbocycles. The van der Waals surface area contributed by atoms with Gasteiger partial charge in [0.2, 0.25) is 8.32 Å². The van der Waals surface area contributed by atoms with Crippen LogP contribution in [0.1, 0.15) is 13.3 Å². The van der Waals surface area contributed by atoms with Crippen molar-refractivity contribution in [2.24, 2.45) is 0 Å². The molecule has 0 aliphatic carbocycles. The average Bonchev–Trinajstić information content (AvgIpc) is 1.96. The summed E-state index contributed by atoms with van der Waals surface area (Å²) >= 11 is 0. The first-order valence-corrected chi connectivity index (χ1v) is 7.65. The first kappa shape index (κ1) is 11.9. The molecule has 0 aromatic heterocycles. The van der Waals surface area contributed by atoms with Crippen molar-refractivity contribution in [2.75, 3.05) is 0 Å². The second kappa shape index (κ2) is 4.82. The summed E-state index contributed by atoms with van der Waals surface area (Å²) in [5.74, 6) is -0.483. The van der Waals surface area contributed by atoms with E-state index in [-0.39, 0.29) is 5.57 Å². The molecule has 0 atom stereocenters. The Morgan fingerprint density at radius 2 is 2.08 bits per heavy atom. The normalized spacial score (nSPS) is 12.1. The molecule has 0 saturated carbocycles. The summed E-state index contributed by atoms with van der Waals surface area (Å²) in [6.45, 7) is 7.60. The molecular formula is C9H15NO2Si. The molecule has 72 valence electrons. The van der Waals surface area contributed by atoms with Gasteiger partial charge in [0.15, 0.2) is 0 Å². The molecule has 0 heterocycles. The fourth-order valence-corrected chi connectivity index (χ4v) is 1.38. The highest BCUT2D eigenvalue weighted by Crippen LogP contribution is 2.07. The van der Waals surface area contributed by atoms with Gasteiger partial charge in [0.25, 0.3) is 0 Å². The zero-order chi connectivity index (χ0) is 10.5. The van der Waals surface area contributed by atoms with Crippen LogP contribution in [-0.4, -0.2) is 14.3 Å². The van der Waals surface area contributed by atoms with Crippen LogP contribution in [0.2, 0.25) is 19.6 Å². The van der Waals surface area contributed by atoms with Gasteiger partial charge < -0.3 is 4.43 Å². The van der Waals surface area contributed by atoms with Crippen molar-refractivity contribution in [1.29, 1.82) is 5.26 Å². The van der Waals surface area contributed by atoms with Crippen molar-refractivity contribution in [3.05, 3.63) is 11.6 Å². The maximum atomic E-state index is 11.3. The molecule has 0 N–H and O–H groups in total. The van der Waals surface area contributed by atoms with Crippen LogP contribution in [0.25, 0.3) is 0 Å². The number of hydrogen-bond donors (Lipinski definition) is 0. The molecule has 4 heteroatoms. The number of nitrogens with zero attached hydrogens (tertiary/aromatic N) is 1. The first-order valence-electron chi connectivity index (χ1n) is 4.24. The molecule has 0 fully saturated rings. The third-order valence-corrected chi connectivity index (χ3v) is 1.95. The molecular weight excluding hydrogens is 182 g/mol. The van der Waals surface area contributed by atoms with Crippen molar-refractivity contribution in [3.8, 4) is 6.07 Å². The largest absolute Gasteiger partial charge is 0.516 e. The van der Waals surface area contributed by atoms with Gasteiger partial charge >= 0.3 is 5.97 Å². The van der Waals surface area contributed by atoms with E-state index in [1.807, 2.05) is 32.6 Å². The van der Waals surface area contributed by atoms with Gasteiger partial charge in [-0.1, -0.05) is 13.0 Å². The Balaban J connectivity index is 4.44. The molecule has 0 radical (unpaired) electrons. The summed E-state index contributed by atoms with van der Waals surface area (Å²) in [6, 6.07) is 1.83. The lowest BCUT2D eigenvalue weighted by molar-refractivity contribution is -0.130. The van der Waals surface area contributed by atoms with E-state index in [1.165, 1.54) is 0 Å². The Kier molecular flexibility index (Phi) is 4.42. The summed E-state index contributed by atoms with van der Waals surface area (Å²) in [5.41, 5.74) is 0.116. The highest BCUT2D eigenvalue weighted by Gasteiger charge is 2.21. The molecule has 0 saturated heterocycles. The van der Waals surface area contributed by atoms with Crippen molar-refractivity contribution in [2.45, 2.75) is 33.0 Å². The van der Waals surface area contributed by atoms with E-state index in [0.29, 0.717) is 6.42 Å². The molecule has 0 spiro atoms. The Morgan fingerprint density at radius 3 is 2.38 bits per heavy atom. The minimum atomic E-state index is -1.87. The molecule has 0 aromatic rings. The third-order valence-electron chi connectivity index (χ3n) is 1.15. The van der Waals surface area contributed by atoms with E-state index in [0.717, 1.165) is 0 Å². The van der Waals surface area contributed by atoms with Crippen LogP contribution < -0.4 is 0 Å². The van der Waals surface area contributed by atoms with Gasteiger partial charge in [0.1, 0.15) is 11.6 Å². The van der Waals surface area contributed by atoms with Crippen LogP contribution in [0.5, 0.6) is 0 Å². The molecule has 0 rings (SSSR count). The lowest BCUT2D eigenvalue weighted by atomic mass is 10.2. The van der Waals surface area contributed by atoms with Crippen molar-refractivity contribution in [3.63, 3.8) is 0 Å². The summed E-state index contributed by atoms with van der Waals surface area (Å²) in [4.78, 5) is 11.3. The Labute approximate surface area is 80.1 Å². The molecule has 0 aliphatic rings. The van der Waals surface area contributed by atoms with Crippen LogP contribution >= 0.6 is 0 Å². The number of nitriles is 1. The average molecular weight is 197 g/mol. The number of allylic oxidation sites excluding steroid dienone is 1. The fraction of sp³-hybridized carbons (Fsp3) is 0.556. The quantitative estimate of drug-likeness (QED) is 0.396. The highest BCUT2D eigenvalue weighted by molar-refractivity contribution is 6.71. The molecule has 0 unspecified atom stereocenters. The zero-order valence-corrected chi connectivity index (χ0v) is 9.55. The highest BCUT2D eigenvalue weighted by atomic mass is 28.4. The zero-order valence-electron chi connectivity index (χ0n) is 8.55. The van der Waals surface area contributed by atoms with Crippen LogP contribution in [0.15, 0.2) is 11.6 Å². The monoisotopic (exact) mass is 197 g/mol. The van der Waals surface area contributed by atoms with Gasteiger partial charge in [-0.3, -0.25) is 0 Å². The smallest absolute Gasteiger partial charge is 0.335 e. The molecule has 13 heavy (non-hydrogen) atoms. The van der Waals surface area contributed by atoms with Crippen molar-refractivity contribution < 1.29 is 9.22 Å². The summed E-state index contributed by atoms with van der Waals surface area (Å²) in [5, 5.41) is 8.62. The van der Waals surface area contributed by atoms with Gasteiger partial charge in [-0.25, -0.2) is 4.79 Å². The van der Waals surface area contributed by atoms with E-state index in [1.54, 1.807) is 6.08 Å². The summed E-state index contributed by atoms with van der Waals surface area (Å²) < 4.78 is 5.15. The third kappa shape index (κ3) is 5.20. The van der Waals surface area contributed by atoms with Crippen LogP contribution in [0.4, 0.5) is 0 Å². The van der Waals surface area contributed by atoms with Gasteiger partial charge in [0.05, 0.1) is 0 Å². The van der Waals surface area contributed by atoms with Crippen LogP contribution in [0.3, 0.4) is 0 Å². The second-order valence-corrected chi connectivity index (χ2v) is 8.07. The van der Waals surface area contributed by atoms with Crippen LogP contribution in [0, 0.1) is 11.3 Å². The van der Waals surface area contributed by atoms with Gasteiger partial charge in [-0.2, -0.15) is 5.26 Å². The van der Waals surface area contributed by atoms with Gasteiger partial charge in [0, 0.05) is 0 Å². The number of carbonyl (C=O) groups excluding carboxylic acids is 1. The second-order valence-electron chi connectivity index (χ2n) is 3.64. The lowest BCUT2D eigenvalue weighted by Crippen LogP contribution is -2.29. The molecule has 0 bridgehead atoms. The van der Waals surface area contributed by atoms with Crippen molar-refractivity contribution in [1.82, 2.24) is 0 Å². The number of carbonyl (C=O) groups is 1. The Morgan fingerprint density at radius 1 is 1.54 bits per heavy atom. The minimum Gasteiger partial charge on any atom is -0.516 e. The van der Waals surface area contributed by atoms with E-state index >= 15 is 0 Å². The number of rotatable bonds is 3. The van der Waals surface area contributed by atoms with E-state index in [4.69, 9.17) is 9.69 Å². The van der Waals surface area contributed by atoms with E-state index in [2.05, 4.69) is 0 Å². The van der Waals surface area contributed by atoms with Gasteiger partial charge in [-0.15, -0.1) is 0 Å². The standard InChI is InChI=1S/C9H15NO2Si/c1-5-6-8(7-10)9(11)12-13(2,3)4/h6H,5H2,1-4H3. The lowest BCUT2D eigenvalue weighted by Gasteiger charge is -2.16. The SMILES string of the molecule is CCC=C(C#N)C(=O)O[Si](C)(C)C. The maximum absolute atomic E-state index is 11.3. The summed E-state index contributed by atoms with van der Waals surface area (Å²) in [6.07, 6.45) is 2.26. The molecule has 0 aliphatic heterocycles. The molecule has 0 amide bonds. The molecule has 3 nitrogen and oxygen atoms in total. The summed E-state index contributed by atoms with van der Waals surface area (Å²) in [7, 11) is -1.87. The van der Waals surface area contributed by atoms with E-state index in [9.17, 15) is 4.79 Å². The predicted molar refractivity (Wildman–Crippen MR) is 53.4 cm³/mol. The maximum Gasteiger partial charge on any atom is 0.335 e. The fourth-order valence-electron chi connectivity index (χ4n) is 0.712. The minimum absolute atomic E-state index is 0.116.